The van der Waals surface area contributed by atoms with Gasteiger partial charge in [-0.15, -0.1) is 20.4 Å². The van der Waals surface area contributed by atoms with Gasteiger partial charge in [-0.3, -0.25) is 0 Å². The van der Waals surface area contributed by atoms with Crippen LogP contribution in [0.1, 0.15) is 11.7 Å². The summed E-state index contributed by atoms with van der Waals surface area (Å²) in [5.41, 5.74) is 0.831. The Kier molecular flexibility index (Phi) is 4.10. The van der Waals surface area contributed by atoms with Crippen molar-refractivity contribution in [3.63, 3.8) is 0 Å². The Morgan fingerprint density at radius 1 is 1.23 bits per heavy atom. The van der Waals surface area contributed by atoms with Gasteiger partial charge < -0.3 is 13.7 Å². The lowest BCUT2D eigenvalue weighted by Gasteiger charge is -2.00. The maximum atomic E-state index is 5.68. The second-order valence-electron chi connectivity index (χ2n) is 4.61. The van der Waals surface area contributed by atoms with E-state index in [1.807, 2.05) is 42.8 Å². The van der Waals surface area contributed by atoms with E-state index in [2.05, 4.69) is 20.4 Å². The number of hydrogen-bond acceptors (Lipinski definition) is 7. The Labute approximate surface area is 131 Å². The summed E-state index contributed by atoms with van der Waals surface area (Å²) in [7, 11) is 3.55. The fraction of sp³-hybridized carbons (Fsp3) is 0.286. The highest BCUT2D eigenvalue weighted by atomic mass is 32.2. The number of hydrogen-bond donors (Lipinski definition) is 0. The van der Waals surface area contributed by atoms with Crippen LogP contribution in [0, 0.1) is 6.92 Å². The minimum absolute atomic E-state index is 0.476. The van der Waals surface area contributed by atoms with E-state index in [4.69, 9.17) is 9.15 Å². The number of ether oxygens (including phenoxy) is 1. The summed E-state index contributed by atoms with van der Waals surface area (Å²) in [6, 6.07) is 7.51. The molecule has 2 aromatic heterocycles. The first kappa shape index (κ1) is 14.6. The molecule has 0 saturated carbocycles. The van der Waals surface area contributed by atoms with Gasteiger partial charge in [-0.05, 0) is 25.1 Å². The lowest BCUT2D eigenvalue weighted by molar-refractivity contribution is 0.414. The van der Waals surface area contributed by atoms with Crippen molar-refractivity contribution in [2.45, 2.75) is 17.8 Å². The van der Waals surface area contributed by atoms with E-state index < -0.39 is 0 Å². The molecule has 0 amide bonds. The van der Waals surface area contributed by atoms with Crippen molar-refractivity contribution in [2.24, 2.45) is 7.05 Å². The maximum absolute atomic E-state index is 5.68. The van der Waals surface area contributed by atoms with Crippen molar-refractivity contribution >= 4 is 11.8 Å². The van der Waals surface area contributed by atoms with Crippen molar-refractivity contribution in [1.29, 1.82) is 0 Å². The second-order valence-corrected chi connectivity index (χ2v) is 5.55. The van der Waals surface area contributed by atoms with Crippen LogP contribution >= 0.6 is 11.8 Å². The predicted molar refractivity (Wildman–Crippen MR) is 81.6 cm³/mol. The van der Waals surface area contributed by atoms with E-state index in [0.29, 0.717) is 17.5 Å². The number of aryl methyl sites for hydroxylation is 1. The second kappa shape index (κ2) is 6.18. The molecule has 1 aromatic carbocycles. The molecule has 0 unspecified atom stereocenters. The smallest absolute Gasteiger partial charge is 0.247 e. The fourth-order valence-corrected chi connectivity index (χ4v) is 2.62. The fourth-order valence-electron chi connectivity index (χ4n) is 1.82. The number of benzene rings is 1. The summed E-state index contributed by atoms with van der Waals surface area (Å²) < 4.78 is 12.8. The third-order valence-electron chi connectivity index (χ3n) is 3.16. The van der Waals surface area contributed by atoms with Gasteiger partial charge in [0.25, 0.3) is 0 Å². The van der Waals surface area contributed by atoms with E-state index in [1.165, 1.54) is 11.8 Å². The topological polar surface area (TPSA) is 78.9 Å². The highest BCUT2D eigenvalue weighted by Crippen LogP contribution is 2.25. The van der Waals surface area contributed by atoms with Gasteiger partial charge in [0.15, 0.2) is 5.16 Å². The summed E-state index contributed by atoms with van der Waals surface area (Å²) in [4.78, 5) is 0. The molecule has 0 aliphatic heterocycles. The average Bonchev–Trinajstić information content (AvgIpc) is 3.14. The zero-order valence-electron chi connectivity index (χ0n) is 12.5. The van der Waals surface area contributed by atoms with E-state index >= 15 is 0 Å². The highest BCUT2D eigenvalue weighted by molar-refractivity contribution is 7.98. The van der Waals surface area contributed by atoms with Gasteiger partial charge in [0.05, 0.1) is 12.9 Å². The standard InChI is InChI=1S/C14H15N5O2S/c1-9-15-18-14(19(9)2)22-8-12-16-17-13(21-12)10-5-4-6-11(7-10)20-3/h4-7H,8H2,1-3H3. The molecule has 0 bridgehead atoms. The number of thioether (sulfide) groups is 1. The molecular formula is C14H15N5O2S. The summed E-state index contributed by atoms with van der Waals surface area (Å²) >= 11 is 1.51. The quantitative estimate of drug-likeness (QED) is 0.669. The molecule has 0 saturated heterocycles. The van der Waals surface area contributed by atoms with Crippen LogP contribution in [0.2, 0.25) is 0 Å². The van der Waals surface area contributed by atoms with Crippen LogP contribution in [0.25, 0.3) is 11.5 Å². The lowest BCUT2D eigenvalue weighted by atomic mass is 10.2. The summed E-state index contributed by atoms with van der Waals surface area (Å²) in [6.45, 7) is 1.91. The number of aromatic nitrogens is 5. The maximum Gasteiger partial charge on any atom is 0.247 e. The number of nitrogens with zero attached hydrogens (tertiary/aromatic N) is 5. The molecule has 0 atom stereocenters. The summed E-state index contributed by atoms with van der Waals surface area (Å²) in [6.07, 6.45) is 0. The highest BCUT2D eigenvalue weighted by Gasteiger charge is 2.12. The van der Waals surface area contributed by atoms with Crippen LogP contribution in [0.3, 0.4) is 0 Å². The zero-order chi connectivity index (χ0) is 15.5. The normalized spacial score (nSPS) is 10.9. The molecule has 0 N–H and O–H groups in total. The SMILES string of the molecule is COc1cccc(-c2nnc(CSc3nnc(C)n3C)o2)c1. The predicted octanol–water partition coefficient (Wildman–Crippen LogP) is 2.47. The lowest BCUT2D eigenvalue weighted by Crippen LogP contribution is -1.93. The monoisotopic (exact) mass is 317 g/mol. The van der Waals surface area contributed by atoms with Crippen molar-refractivity contribution in [2.75, 3.05) is 7.11 Å². The van der Waals surface area contributed by atoms with Gasteiger partial charge in [0, 0.05) is 12.6 Å². The average molecular weight is 317 g/mol. The van der Waals surface area contributed by atoms with Crippen LogP contribution in [0.15, 0.2) is 33.8 Å². The largest absolute Gasteiger partial charge is 0.497 e. The molecule has 3 aromatic rings. The molecule has 22 heavy (non-hydrogen) atoms. The Morgan fingerprint density at radius 3 is 2.82 bits per heavy atom. The number of methoxy groups -OCH3 is 1. The van der Waals surface area contributed by atoms with Crippen LogP contribution in [-0.4, -0.2) is 32.1 Å². The third kappa shape index (κ3) is 2.96. The van der Waals surface area contributed by atoms with Crippen molar-refractivity contribution < 1.29 is 9.15 Å². The molecule has 114 valence electrons. The van der Waals surface area contributed by atoms with Crippen molar-refractivity contribution in [3.8, 4) is 17.2 Å². The minimum atomic E-state index is 0.476. The van der Waals surface area contributed by atoms with E-state index in [1.54, 1.807) is 7.11 Å². The van der Waals surface area contributed by atoms with Crippen molar-refractivity contribution in [1.82, 2.24) is 25.0 Å². The first-order chi connectivity index (χ1) is 10.7. The molecule has 3 rings (SSSR count). The molecule has 0 aliphatic carbocycles. The molecule has 0 aliphatic rings. The first-order valence-electron chi connectivity index (χ1n) is 6.63. The molecular weight excluding hydrogens is 302 g/mol. The van der Waals surface area contributed by atoms with Gasteiger partial charge in [-0.1, -0.05) is 17.8 Å². The Balaban J connectivity index is 1.72. The van der Waals surface area contributed by atoms with Gasteiger partial charge in [0.1, 0.15) is 11.6 Å². The van der Waals surface area contributed by atoms with Gasteiger partial charge in [-0.25, -0.2) is 0 Å². The van der Waals surface area contributed by atoms with E-state index in [-0.39, 0.29) is 0 Å². The third-order valence-corrected chi connectivity index (χ3v) is 4.17. The van der Waals surface area contributed by atoms with Crippen molar-refractivity contribution in [3.05, 3.63) is 36.0 Å². The van der Waals surface area contributed by atoms with Gasteiger partial charge >= 0.3 is 0 Å². The first-order valence-corrected chi connectivity index (χ1v) is 7.61. The minimum Gasteiger partial charge on any atom is -0.497 e. The molecule has 0 spiro atoms. The van der Waals surface area contributed by atoms with Crippen LogP contribution < -0.4 is 4.74 Å². The molecule has 7 nitrogen and oxygen atoms in total. The molecule has 2 heterocycles. The summed E-state index contributed by atoms with van der Waals surface area (Å²) in [5.74, 6) is 3.18. The molecule has 0 fully saturated rings. The number of rotatable bonds is 5. The molecule has 8 heteroatoms. The van der Waals surface area contributed by atoms with Gasteiger partial charge in [-0.2, -0.15) is 0 Å². The Bertz CT molecular complexity index is 783. The Morgan fingerprint density at radius 2 is 2.09 bits per heavy atom. The molecule has 0 radical (unpaired) electrons. The van der Waals surface area contributed by atoms with Crippen LogP contribution in [0.5, 0.6) is 5.75 Å². The summed E-state index contributed by atoms with van der Waals surface area (Å²) in [5, 5.41) is 17.1. The van der Waals surface area contributed by atoms with Crippen LogP contribution in [-0.2, 0) is 12.8 Å². The van der Waals surface area contributed by atoms with Crippen LogP contribution in [0.4, 0.5) is 0 Å². The Hall–Kier alpha value is -2.35. The van der Waals surface area contributed by atoms with E-state index in [0.717, 1.165) is 22.3 Å². The van der Waals surface area contributed by atoms with Gasteiger partial charge in [0.2, 0.25) is 11.8 Å². The zero-order valence-corrected chi connectivity index (χ0v) is 13.3. The van der Waals surface area contributed by atoms with E-state index in [9.17, 15) is 0 Å².